The van der Waals surface area contributed by atoms with Crippen molar-refractivity contribution in [3.05, 3.63) is 51.0 Å². The van der Waals surface area contributed by atoms with Gasteiger partial charge in [-0.15, -0.1) is 11.3 Å². The third kappa shape index (κ3) is 4.04. The van der Waals surface area contributed by atoms with Crippen molar-refractivity contribution < 1.29 is 19.2 Å². The van der Waals surface area contributed by atoms with E-state index in [4.69, 9.17) is 20.2 Å². The smallest absolute Gasteiger partial charge is 0.311 e. The molecule has 0 saturated carbocycles. The highest BCUT2D eigenvalue weighted by Gasteiger charge is 2.24. The van der Waals surface area contributed by atoms with Crippen molar-refractivity contribution in [3.63, 3.8) is 0 Å². The maximum atomic E-state index is 11.9. The van der Waals surface area contributed by atoms with Crippen LogP contribution in [0, 0.1) is 17.0 Å². The Morgan fingerprint density at radius 2 is 2.26 bits per heavy atom. The van der Waals surface area contributed by atoms with Gasteiger partial charge in [-0.25, -0.2) is 4.98 Å². The van der Waals surface area contributed by atoms with Crippen molar-refractivity contribution in [2.24, 2.45) is 5.73 Å². The summed E-state index contributed by atoms with van der Waals surface area (Å²) in [5.74, 6) is -0.302. The van der Waals surface area contributed by atoms with Gasteiger partial charge in [0.05, 0.1) is 35.1 Å². The molecule has 1 amide bonds. The van der Waals surface area contributed by atoms with Crippen LogP contribution in [0.3, 0.4) is 0 Å². The number of carbonyl (C=O) groups is 1. The molecule has 0 aliphatic carbocycles. The molecule has 3 aromatic rings. The molecule has 0 spiro atoms. The van der Waals surface area contributed by atoms with E-state index < -0.39 is 10.8 Å². The number of aromatic nitrogens is 2. The lowest BCUT2D eigenvalue weighted by Crippen LogP contribution is -2.18. The molecule has 162 valence electrons. The van der Waals surface area contributed by atoms with Crippen LogP contribution in [0.1, 0.15) is 28.9 Å². The van der Waals surface area contributed by atoms with Crippen molar-refractivity contribution >= 4 is 22.9 Å². The molecule has 3 heterocycles. The molecule has 2 aromatic heterocycles. The van der Waals surface area contributed by atoms with Gasteiger partial charge in [0.2, 0.25) is 0 Å². The first-order chi connectivity index (χ1) is 14.9. The Morgan fingerprint density at radius 1 is 1.45 bits per heavy atom. The molecule has 1 atom stereocenters. The lowest BCUT2D eigenvalue weighted by atomic mass is 10.2. The fourth-order valence-corrected chi connectivity index (χ4v) is 4.63. The first kappa shape index (κ1) is 21.0. The van der Waals surface area contributed by atoms with Gasteiger partial charge in [-0.3, -0.25) is 14.9 Å². The van der Waals surface area contributed by atoms with Crippen molar-refractivity contribution in [2.45, 2.75) is 32.4 Å². The van der Waals surface area contributed by atoms with Crippen LogP contribution in [0.2, 0.25) is 0 Å². The van der Waals surface area contributed by atoms with E-state index in [1.54, 1.807) is 18.2 Å². The molecule has 1 aliphatic heterocycles. The average molecular weight is 442 g/mol. The van der Waals surface area contributed by atoms with Crippen molar-refractivity contribution in [3.8, 4) is 27.7 Å². The number of carbonyl (C=O) groups excluding carboxylic acids is 1. The fourth-order valence-electron chi connectivity index (χ4n) is 3.82. The van der Waals surface area contributed by atoms with Gasteiger partial charge in [0.15, 0.2) is 5.75 Å². The minimum absolute atomic E-state index is 0.0768. The van der Waals surface area contributed by atoms with Gasteiger partial charge in [-0.2, -0.15) is 0 Å². The highest BCUT2D eigenvalue weighted by molar-refractivity contribution is 7.13. The summed E-state index contributed by atoms with van der Waals surface area (Å²) in [4.78, 5) is 27.5. The molecule has 4 rings (SSSR count). The van der Waals surface area contributed by atoms with E-state index in [0.717, 1.165) is 30.8 Å². The zero-order valence-electron chi connectivity index (χ0n) is 17.2. The minimum Gasteiger partial charge on any atom is -0.490 e. The van der Waals surface area contributed by atoms with Gasteiger partial charge in [-0.05, 0) is 38.0 Å². The van der Waals surface area contributed by atoms with Crippen LogP contribution in [-0.4, -0.2) is 40.2 Å². The Kier molecular flexibility index (Phi) is 5.75. The van der Waals surface area contributed by atoms with E-state index in [2.05, 4.69) is 0 Å². The van der Waals surface area contributed by atoms with Crippen LogP contribution in [0.5, 0.6) is 5.75 Å². The maximum absolute atomic E-state index is 11.9. The predicted octanol–water partition coefficient (Wildman–Crippen LogP) is 3.78. The Bertz CT molecular complexity index is 1150. The predicted molar refractivity (Wildman–Crippen MR) is 116 cm³/mol. The summed E-state index contributed by atoms with van der Waals surface area (Å²) < 4.78 is 12.9. The van der Waals surface area contributed by atoms with Crippen LogP contribution in [-0.2, 0) is 11.3 Å². The number of nitrogens with zero attached hydrogens (tertiary/aromatic N) is 3. The number of hydrogen-bond donors (Lipinski definition) is 1. The molecule has 1 aliphatic rings. The Morgan fingerprint density at radius 3 is 2.90 bits per heavy atom. The third-order valence-corrected chi connectivity index (χ3v) is 6.32. The number of thiazole rings is 1. The minimum atomic E-state index is -0.494. The summed E-state index contributed by atoms with van der Waals surface area (Å²) in [6, 6.07) is 6.50. The summed E-state index contributed by atoms with van der Waals surface area (Å²) in [7, 11) is 1.39. The van der Waals surface area contributed by atoms with Crippen LogP contribution in [0.4, 0.5) is 5.69 Å². The number of nitro benzene ring substituents is 1. The number of methoxy groups -OCH3 is 1. The van der Waals surface area contributed by atoms with Gasteiger partial charge < -0.3 is 19.8 Å². The molecule has 0 bridgehead atoms. The van der Waals surface area contributed by atoms with Crippen LogP contribution < -0.4 is 10.5 Å². The average Bonchev–Trinajstić information content (AvgIpc) is 3.49. The normalized spacial score (nSPS) is 15.9. The molecule has 1 saturated heterocycles. The molecule has 9 nitrogen and oxygen atoms in total. The molecule has 1 fully saturated rings. The van der Waals surface area contributed by atoms with Crippen molar-refractivity contribution in [2.75, 3.05) is 13.7 Å². The number of ether oxygens (including phenoxy) is 2. The van der Waals surface area contributed by atoms with Gasteiger partial charge in [0.25, 0.3) is 5.91 Å². The molecule has 2 N–H and O–H groups in total. The number of hydrogen-bond acceptors (Lipinski definition) is 7. The van der Waals surface area contributed by atoms with Gasteiger partial charge in [0, 0.05) is 35.9 Å². The topological polar surface area (TPSA) is 123 Å². The molecule has 31 heavy (non-hydrogen) atoms. The Hall–Kier alpha value is -3.24. The number of nitro groups is 1. The molecular weight excluding hydrogens is 420 g/mol. The van der Waals surface area contributed by atoms with E-state index in [1.807, 2.05) is 16.9 Å². The SMILES string of the molecule is COc1ccc(-c2nc(-c3cc(C(N)=O)c(C)n3CC3CCCO3)cs2)cc1[N+](=O)[O-]. The van der Waals surface area contributed by atoms with Gasteiger partial charge in [0.1, 0.15) is 5.01 Å². The highest BCUT2D eigenvalue weighted by atomic mass is 32.1. The Labute approximate surface area is 182 Å². The quantitative estimate of drug-likeness (QED) is 0.439. The summed E-state index contributed by atoms with van der Waals surface area (Å²) in [5, 5.41) is 13.9. The monoisotopic (exact) mass is 442 g/mol. The number of primary amides is 1. The second-order valence-electron chi connectivity index (χ2n) is 7.32. The van der Waals surface area contributed by atoms with Crippen LogP contribution in [0.25, 0.3) is 22.0 Å². The lowest BCUT2D eigenvalue weighted by Gasteiger charge is -2.15. The first-order valence-electron chi connectivity index (χ1n) is 9.79. The van der Waals surface area contributed by atoms with Crippen LogP contribution in [0.15, 0.2) is 29.6 Å². The summed E-state index contributed by atoms with van der Waals surface area (Å²) in [6.07, 6.45) is 2.05. The molecule has 1 unspecified atom stereocenters. The number of rotatable bonds is 7. The van der Waals surface area contributed by atoms with Crippen molar-refractivity contribution in [1.29, 1.82) is 0 Å². The lowest BCUT2D eigenvalue weighted by molar-refractivity contribution is -0.385. The number of amides is 1. The highest BCUT2D eigenvalue weighted by Crippen LogP contribution is 2.36. The summed E-state index contributed by atoms with van der Waals surface area (Å²) in [6.45, 7) is 3.20. The first-order valence-corrected chi connectivity index (χ1v) is 10.7. The second-order valence-corrected chi connectivity index (χ2v) is 8.18. The van der Waals surface area contributed by atoms with E-state index in [9.17, 15) is 14.9 Å². The molecule has 0 radical (unpaired) electrons. The van der Waals surface area contributed by atoms with Gasteiger partial charge in [-0.1, -0.05) is 0 Å². The van der Waals surface area contributed by atoms with Gasteiger partial charge >= 0.3 is 5.69 Å². The molecule has 10 heteroatoms. The molecular formula is C21H22N4O5S. The van der Waals surface area contributed by atoms with E-state index in [0.29, 0.717) is 28.4 Å². The number of benzene rings is 1. The van der Waals surface area contributed by atoms with E-state index in [1.165, 1.54) is 24.5 Å². The number of nitrogens with two attached hydrogens (primary N) is 1. The molecule has 1 aromatic carbocycles. The maximum Gasteiger partial charge on any atom is 0.311 e. The summed E-state index contributed by atoms with van der Waals surface area (Å²) in [5.41, 5.74) is 8.73. The van der Waals surface area contributed by atoms with E-state index in [-0.39, 0.29) is 17.5 Å². The van der Waals surface area contributed by atoms with Crippen molar-refractivity contribution in [1.82, 2.24) is 9.55 Å². The zero-order chi connectivity index (χ0) is 22.1. The second kappa shape index (κ2) is 8.48. The fraction of sp³-hybridized carbons (Fsp3) is 0.333. The van der Waals surface area contributed by atoms with Crippen LogP contribution >= 0.6 is 11.3 Å². The third-order valence-electron chi connectivity index (χ3n) is 5.43. The largest absolute Gasteiger partial charge is 0.490 e. The summed E-state index contributed by atoms with van der Waals surface area (Å²) >= 11 is 1.37. The Balaban J connectivity index is 1.73. The zero-order valence-corrected chi connectivity index (χ0v) is 18.0. The standard InChI is InChI=1S/C21H22N4O5S/c1-12-15(20(22)26)9-17(24(12)10-14-4-3-7-30-14)16-11-31-21(23-16)13-5-6-19(29-2)18(8-13)25(27)28/h5-6,8-9,11,14H,3-4,7,10H2,1-2H3,(H2,22,26). The van der Waals surface area contributed by atoms with E-state index >= 15 is 0 Å².